The van der Waals surface area contributed by atoms with E-state index in [4.69, 9.17) is 9.47 Å². The zero-order valence-corrected chi connectivity index (χ0v) is 14.2. The molecule has 0 aliphatic carbocycles. The van der Waals surface area contributed by atoms with E-state index in [-0.39, 0.29) is 0 Å². The Labute approximate surface area is 151 Å². The number of anilines is 2. The third kappa shape index (κ3) is 4.94. The summed E-state index contributed by atoms with van der Waals surface area (Å²) in [5.74, 6) is 1.90. The lowest BCUT2D eigenvalue weighted by Gasteiger charge is -2.09. The molecule has 7 nitrogen and oxygen atoms in total. The Bertz CT molecular complexity index is 837. The molecule has 2 aromatic carbocycles. The van der Waals surface area contributed by atoms with Crippen LogP contribution in [0.3, 0.4) is 0 Å². The molecule has 3 rings (SSSR count). The van der Waals surface area contributed by atoms with Crippen molar-refractivity contribution in [1.82, 2.24) is 9.97 Å². The molecule has 0 saturated heterocycles. The summed E-state index contributed by atoms with van der Waals surface area (Å²) in [6.07, 6.45) is 4.51. The lowest BCUT2D eigenvalue weighted by atomic mass is 10.2. The molecule has 132 valence electrons. The van der Waals surface area contributed by atoms with E-state index in [1.54, 1.807) is 31.4 Å². The number of rotatable bonds is 6. The van der Waals surface area contributed by atoms with Crippen molar-refractivity contribution in [3.63, 3.8) is 0 Å². The Morgan fingerprint density at radius 1 is 0.962 bits per heavy atom. The first kappa shape index (κ1) is 17.2. The van der Waals surface area contributed by atoms with Gasteiger partial charge in [-0.25, -0.2) is 9.78 Å². The van der Waals surface area contributed by atoms with Crippen molar-refractivity contribution in [2.24, 2.45) is 0 Å². The van der Waals surface area contributed by atoms with Crippen LogP contribution in [0.25, 0.3) is 0 Å². The average molecular weight is 350 g/mol. The predicted molar refractivity (Wildman–Crippen MR) is 98.4 cm³/mol. The lowest BCUT2D eigenvalue weighted by Crippen LogP contribution is -2.20. The van der Waals surface area contributed by atoms with Gasteiger partial charge in [-0.15, -0.1) is 0 Å². The van der Waals surface area contributed by atoms with E-state index in [0.29, 0.717) is 23.9 Å². The van der Waals surface area contributed by atoms with Crippen LogP contribution in [0.5, 0.6) is 11.5 Å². The number of aromatic nitrogens is 2. The molecule has 0 aliphatic heterocycles. The summed E-state index contributed by atoms with van der Waals surface area (Å²) in [4.78, 5) is 19.8. The van der Waals surface area contributed by atoms with Gasteiger partial charge in [0, 0.05) is 18.1 Å². The fraction of sp³-hybridized carbons (Fsp3) is 0.105. The van der Waals surface area contributed by atoms with Crippen LogP contribution in [0.4, 0.5) is 16.3 Å². The van der Waals surface area contributed by atoms with Crippen molar-refractivity contribution in [2.75, 3.05) is 17.7 Å². The molecule has 2 N–H and O–H groups in total. The number of carbonyl (C=O) groups is 1. The topological polar surface area (TPSA) is 85.4 Å². The zero-order valence-electron chi connectivity index (χ0n) is 14.2. The van der Waals surface area contributed by atoms with Gasteiger partial charge < -0.3 is 14.8 Å². The van der Waals surface area contributed by atoms with Gasteiger partial charge in [-0.05, 0) is 42.0 Å². The molecule has 0 fully saturated rings. The van der Waals surface area contributed by atoms with Crippen molar-refractivity contribution < 1.29 is 14.3 Å². The highest BCUT2D eigenvalue weighted by Gasteiger charge is 2.04. The van der Waals surface area contributed by atoms with Crippen molar-refractivity contribution in [3.8, 4) is 11.5 Å². The first-order valence-electron chi connectivity index (χ1n) is 7.93. The molecule has 0 bridgehead atoms. The Hall–Kier alpha value is -3.61. The second-order valence-electron chi connectivity index (χ2n) is 5.33. The van der Waals surface area contributed by atoms with E-state index in [0.717, 1.165) is 11.3 Å². The van der Waals surface area contributed by atoms with E-state index < -0.39 is 6.03 Å². The maximum absolute atomic E-state index is 11.9. The molecular formula is C19H18N4O3. The minimum atomic E-state index is -0.391. The average Bonchev–Trinajstić information content (AvgIpc) is 2.68. The molecule has 0 unspecified atom stereocenters. The number of nitrogens with one attached hydrogen (secondary N) is 2. The third-order valence-electron chi connectivity index (χ3n) is 3.48. The maximum Gasteiger partial charge on any atom is 0.324 e. The Balaban J connectivity index is 1.50. The number of benzene rings is 2. The fourth-order valence-electron chi connectivity index (χ4n) is 2.17. The number of amides is 2. The molecule has 0 spiro atoms. The van der Waals surface area contributed by atoms with Crippen molar-refractivity contribution in [3.05, 3.63) is 72.7 Å². The minimum absolute atomic E-state index is 0.379. The summed E-state index contributed by atoms with van der Waals surface area (Å²) in [5.41, 5.74) is 1.68. The third-order valence-corrected chi connectivity index (χ3v) is 3.48. The van der Waals surface area contributed by atoms with Gasteiger partial charge in [-0.3, -0.25) is 10.3 Å². The summed E-state index contributed by atoms with van der Waals surface area (Å²) >= 11 is 0. The van der Waals surface area contributed by atoms with E-state index >= 15 is 0 Å². The van der Waals surface area contributed by atoms with Gasteiger partial charge in [-0.1, -0.05) is 12.1 Å². The van der Waals surface area contributed by atoms with Crippen LogP contribution in [0.15, 0.2) is 67.1 Å². The van der Waals surface area contributed by atoms with Gasteiger partial charge >= 0.3 is 6.03 Å². The molecule has 0 radical (unpaired) electrons. The van der Waals surface area contributed by atoms with Crippen LogP contribution in [-0.2, 0) is 6.61 Å². The monoisotopic (exact) mass is 350 g/mol. The lowest BCUT2D eigenvalue weighted by molar-refractivity contribution is 0.262. The summed E-state index contributed by atoms with van der Waals surface area (Å²) in [5, 5.41) is 5.31. The summed E-state index contributed by atoms with van der Waals surface area (Å²) in [6.45, 7) is 0.448. The summed E-state index contributed by atoms with van der Waals surface area (Å²) in [7, 11) is 1.63. The van der Waals surface area contributed by atoms with Gasteiger partial charge in [-0.2, -0.15) is 0 Å². The molecule has 0 atom stereocenters. The van der Waals surface area contributed by atoms with E-state index in [2.05, 4.69) is 20.6 Å². The Kier molecular flexibility index (Phi) is 5.61. The first-order valence-corrected chi connectivity index (χ1v) is 7.93. The standard InChI is InChI=1S/C19H18N4O3/c1-25-16-6-2-14(3-7-16)13-26-17-8-4-15(5-9-17)22-19(24)23-18-12-20-10-11-21-18/h2-12H,13H2,1H3,(H2,21,22,23,24). The molecule has 2 amide bonds. The molecule has 7 heteroatoms. The number of urea groups is 1. The van der Waals surface area contributed by atoms with Gasteiger partial charge in [0.25, 0.3) is 0 Å². The highest BCUT2D eigenvalue weighted by molar-refractivity contribution is 5.99. The molecule has 0 aliphatic rings. The summed E-state index contributed by atoms with van der Waals surface area (Å²) < 4.78 is 10.9. The fourth-order valence-corrected chi connectivity index (χ4v) is 2.17. The minimum Gasteiger partial charge on any atom is -0.497 e. The maximum atomic E-state index is 11.9. The highest BCUT2D eigenvalue weighted by atomic mass is 16.5. The Morgan fingerprint density at radius 2 is 1.69 bits per heavy atom. The SMILES string of the molecule is COc1ccc(COc2ccc(NC(=O)Nc3cnccn3)cc2)cc1. The number of hydrogen-bond acceptors (Lipinski definition) is 5. The number of methoxy groups -OCH3 is 1. The number of carbonyl (C=O) groups excluding carboxylic acids is 1. The normalized spacial score (nSPS) is 10.0. The van der Waals surface area contributed by atoms with Crippen LogP contribution in [0.1, 0.15) is 5.56 Å². The number of ether oxygens (including phenoxy) is 2. The van der Waals surface area contributed by atoms with Crippen LogP contribution in [0.2, 0.25) is 0 Å². The molecule has 0 saturated carbocycles. The molecule has 1 aromatic heterocycles. The molecule has 3 aromatic rings. The molecule has 1 heterocycles. The second kappa shape index (κ2) is 8.48. The number of hydrogen-bond donors (Lipinski definition) is 2. The van der Waals surface area contributed by atoms with Crippen LogP contribution >= 0.6 is 0 Å². The molecule has 26 heavy (non-hydrogen) atoms. The molecular weight excluding hydrogens is 332 g/mol. The first-order chi connectivity index (χ1) is 12.7. The summed E-state index contributed by atoms with van der Waals surface area (Å²) in [6, 6.07) is 14.4. The van der Waals surface area contributed by atoms with E-state index in [1.165, 1.54) is 18.6 Å². The highest BCUT2D eigenvalue weighted by Crippen LogP contribution is 2.18. The van der Waals surface area contributed by atoms with Gasteiger partial charge in [0.2, 0.25) is 0 Å². The van der Waals surface area contributed by atoms with Crippen molar-refractivity contribution in [1.29, 1.82) is 0 Å². The van der Waals surface area contributed by atoms with Gasteiger partial charge in [0.15, 0.2) is 5.82 Å². The van der Waals surface area contributed by atoms with Crippen molar-refractivity contribution in [2.45, 2.75) is 6.61 Å². The van der Waals surface area contributed by atoms with Gasteiger partial charge in [0.05, 0.1) is 13.3 Å². The largest absolute Gasteiger partial charge is 0.497 e. The predicted octanol–water partition coefficient (Wildman–Crippen LogP) is 3.71. The Morgan fingerprint density at radius 3 is 2.35 bits per heavy atom. The van der Waals surface area contributed by atoms with E-state index in [9.17, 15) is 4.79 Å². The smallest absolute Gasteiger partial charge is 0.324 e. The van der Waals surface area contributed by atoms with Crippen molar-refractivity contribution >= 4 is 17.5 Å². The van der Waals surface area contributed by atoms with Crippen LogP contribution < -0.4 is 20.1 Å². The zero-order chi connectivity index (χ0) is 18.2. The second-order valence-corrected chi connectivity index (χ2v) is 5.33. The van der Waals surface area contributed by atoms with E-state index in [1.807, 2.05) is 24.3 Å². The van der Waals surface area contributed by atoms with Gasteiger partial charge in [0.1, 0.15) is 18.1 Å². The number of nitrogens with zero attached hydrogens (tertiary/aromatic N) is 2. The quantitative estimate of drug-likeness (QED) is 0.708. The van der Waals surface area contributed by atoms with Crippen LogP contribution in [-0.4, -0.2) is 23.1 Å². The van der Waals surface area contributed by atoms with Crippen LogP contribution in [0, 0.1) is 0 Å².